The second-order valence-corrected chi connectivity index (χ2v) is 7.16. The van der Waals surface area contributed by atoms with E-state index in [1.54, 1.807) is 6.08 Å². The van der Waals surface area contributed by atoms with Crippen molar-refractivity contribution in [3.8, 4) is 5.75 Å². The Balaban J connectivity index is 1.90. The van der Waals surface area contributed by atoms with Crippen molar-refractivity contribution >= 4 is 17.4 Å². The summed E-state index contributed by atoms with van der Waals surface area (Å²) >= 11 is 0. The van der Waals surface area contributed by atoms with Gasteiger partial charge < -0.3 is 14.7 Å². The predicted molar refractivity (Wildman–Crippen MR) is 111 cm³/mol. The van der Waals surface area contributed by atoms with Crippen molar-refractivity contribution in [1.29, 1.82) is 0 Å². The third-order valence-electron chi connectivity index (χ3n) is 5.18. The van der Waals surface area contributed by atoms with Gasteiger partial charge in [0.15, 0.2) is 0 Å². The lowest BCUT2D eigenvalue weighted by Gasteiger charge is -2.36. The van der Waals surface area contributed by atoms with Crippen molar-refractivity contribution in [2.24, 2.45) is 0 Å². The van der Waals surface area contributed by atoms with Gasteiger partial charge >= 0.3 is 0 Å². The number of hydrogen-bond acceptors (Lipinski definition) is 6. The number of rotatable bonds is 9. The van der Waals surface area contributed by atoms with Crippen molar-refractivity contribution in [2.45, 2.75) is 13.3 Å². The summed E-state index contributed by atoms with van der Waals surface area (Å²) in [5, 5.41) is 9.14. The third-order valence-corrected chi connectivity index (χ3v) is 5.18. The van der Waals surface area contributed by atoms with Crippen LogP contribution in [0.15, 0.2) is 42.6 Å². The maximum atomic E-state index is 13.1. The Labute approximate surface area is 171 Å². The lowest BCUT2D eigenvalue weighted by Crippen LogP contribution is -2.48. The first-order chi connectivity index (χ1) is 14.1. The minimum Gasteiger partial charge on any atom is -0.494 e. The van der Waals surface area contributed by atoms with Gasteiger partial charge in [0.25, 0.3) is 11.8 Å². The zero-order valence-electron chi connectivity index (χ0n) is 17.0. The monoisotopic (exact) mass is 399 g/mol. The van der Waals surface area contributed by atoms with E-state index >= 15 is 0 Å². The molecule has 7 heteroatoms. The van der Waals surface area contributed by atoms with Crippen molar-refractivity contribution < 1.29 is 19.4 Å². The van der Waals surface area contributed by atoms with Crippen molar-refractivity contribution in [1.82, 2.24) is 14.7 Å². The van der Waals surface area contributed by atoms with Gasteiger partial charge in [0, 0.05) is 39.3 Å². The largest absolute Gasteiger partial charge is 0.494 e. The normalized spacial score (nSPS) is 18.0. The lowest BCUT2D eigenvalue weighted by molar-refractivity contribution is -0.137. The van der Waals surface area contributed by atoms with Gasteiger partial charge in [0.1, 0.15) is 11.4 Å². The van der Waals surface area contributed by atoms with E-state index in [0.717, 1.165) is 25.3 Å². The van der Waals surface area contributed by atoms with Crippen LogP contribution >= 0.6 is 0 Å². The molecule has 1 aromatic carbocycles. The SMILES string of the molecule is C=CCN1C(=O)C(c2ccc(OCCC)cc2)=C(N2CCN(CCO)CC2)C1=O. The first-order valence-electron chi connectivity index (χ1n) is 10.1. The van der Waals surface area contributed by atoms with Crippen LogP contribution in [0.3, 0.4) is 0 Å². The summed E-state index contributed by atoms with van der Waals surface area (Å²) in [5.74, 6) is 0.187. The molecule has 0 radical (unpaired) electrons. The van der Waals surface area contributed by atoms with Gasteiger partial charge in [-0.3, -0.25) is 19.4 Å². The molecule has 1 fully saturated rings. The van der Waals surface area contributed by atoms with E-state index < -0.39 is 0 Å². The van der Waals surface area contributed by atoms with E-state index in [2.05, 4.69) is 11.5 Å². The number of ether oxygens (including phenoxy) is 1. The molecule has 1 saturated heterocycles. The molecule has 2 amide bonds. The van der Waals surface area contributed by atoms with Gasteiger partial charge in [-0.15, -0.1) is 6.58 Å². The summed E-state index contributed by atoms with van der Waals surface area (Å²) < 4.78 is 5.63. The maximum Gasteiger partial charge on any atom is 0.278 e. The molecule has 2 aliphatic heterocycles. The number of aliphatic hydroxyl groups excluding tert-OH is 1. The van der Waals surface area contributed by atoms with Crippen molar-refractivity contribution in [2.75, 3.05) is 52.5 Å². The average Bonchev–Trinajstić information content (AvgIpc) is 2.98. The molecule has 0 atom stereocenters. The molecule has 0 aromatic heterocycles. The summed E-state index contributed by atoms with van der Waals surface area (Å²) in [6.45, 7) is 10.0. The van der Waals surface area contributed by atoms with Gasteiger partial charge in [-0.05, 0) is 24.1 Å². The summed E-state index contributed by atoms with van der Waals surface area (Å²) in [4.78, 5) is 31.6. The Morgan fingerprint density at radius 3 is 2.38 bits per heavy atom. The first-order valence-corrected chi connectivity index (χ1v) is 10.1. The number of imide groups is 1. The quantitative estimate of drug-likeness (QED) is 0.499. The Bertz CT molecular complexity index is 780. The first kappa shape index (κ1) is 21.1. The third kappa shape index (κ3) is 4.52. The van der Waals surface area contributed by atoms with Crippen molar-refractivity contribution in [3.05, 3.63) is 48.2 Å². The van der Waals surface area contributed by atoms with Gasteiger partial charge in [0.05, 0.1) is 18.8 Å². The molecule has 0 aliphatic carbocycles. The number of piperazine rings is 1. The van der Waals surface area contributed by atoms with Crippen molar-refractivity contribution in [3.63, 3.8) is 0 Å². The van der Waals surface area contributed by atoms with Crippen LogP contribution < -0.4 is 4.74 Å². The highest BCUT2D eigenvalue weighted by Crippen LogP contribution is 2.33. The van der Waals surface area contributed by atoms with E-state index in [0.29, 0.717) is 43.1 Å². The van der Waals surface area contributed by atoms with Crippen LogP contribution in [0.2, 0.25) is 0 Å². The summed E-state index contributed by atoms with van der Waals surface area (Å²) in [6.07, 6.45) is 2.49. The molecule has 29 heavy (non-hydrogen) atoms. The second-order valence-electron chi connectivity index (χ2n) is 7.16. The maximum absolute atomic E-state index is 13.1. The highest BCUT2D eigenvalue weighted by atomic mass is 16.5. The van der Waals surface area contributed by atoms with Gasteiger partial charge in [-0.2, -0.15) is 0 Å². The summed E-state index contributed by atoms with van der Waals surface area (Å²) in [6, 6.07) is 7.35. The van der Waals surface area contributed by atoms with E-state index in [1.165, 1.54) is 4.90 Å². The summed E-state index contributed by atoms with van der Waals surface area (Å²) in [5.41, 5.74) is 1.61. The topological polar surface area (TPSA) is 73.3 Å². The number of aliphatic hydroxyl groups is 1. The van der Waals surface area contributed by atoms with Gasteiger partial charge in [0.2, 0.25) is 0 Å². The Hall–Kier alpha value is -2.64. The van der Waals surface area contributed by atoms with Crippen LogP contribution in [-0.4, -0.2) is 84.1 Å². The number of carbonyl (C=O) groups is 2. The van der Waals surface area contributed by atoms with Gasteiger partial charge in [-0.1, -0.05) is 25.1 Å². The number of nitrogens with zero attached hydrogens (tertiary/aromatic N) is 3. The molecule has 0 saturated carbocycles. The summed E-state index contributed by atoms with van der Waals surface area (Å²) in [7, 11) is 0. The molecule has 2 heterocycles. The zero-order valence-corrected chi connectivity index (χ0v) is 17.0. The molecule has 1 N–H and O–H groups in total. The molecule has 0 unspecified atom stereocenters. The van der Waals surface area contributed by atoms with Crippen LogP contribution in [0, 0.1) is 0 Å². The fraction of sp³-hybridized carbons (Fsp3) is 0.455. The smallest absolute Gasteiger partial charge is 0.278 e. The Morgan fingerprint density at radius 2 is 1.79 bits per heavy atom. The molecule has 156 valence electrons. The highest BCUT2D eigenvalue weighted by Gasteiger charge is 2.41. The van der Waals surface area contributed by atoms with E-state index in [-0.39, 0.29) is 25.0 Å². The van der Waals surface area contributed by atoms with Crippen LogP contribution in [0.4, 0.5) is 0 Å². The minimum absolute atomic E-state index is 0.116. The van der Waals surface area contributed by atoms with Crippen LogP contribution in [-0.2, 0) is 9.59 Å². The Morgan fingerprint density at radius 1 is 1.10 bits per heavy atom. The van der Waals surface area contributed by atoms with Crippen LogP contribution in [0.5, 0.6) is 5.75 Å². The van der Waals surface area contributed by atoms with Gasteiger partial charge in [-0.25, -0.2) is 0 Å². The molecule has 7 nitrogen and oxygen atoms in total. The average molecular weight is 399 g/mol. The number of amides is 2. The number of benzene rings is 1. The van der Waals surface area contributed by atoms with E-state index in [4.69, 9.17) is 9.84 Å². The zero-order chi connectivity index (χ0) is 20.8. The molecular weight excluding hydrogens is 370 g/mol. The highest BCUT2D eigenvalue weighted by molar-refractivity contribution is 6.35. The van der Waals surface area contributed by atoms with E-state index in [9.17, 15) is 9.59 Å². The second kappa shape index (κ2) is 9.71. The number of β-amino-alcohol motifs (C(OH)–C–C–N with tert-alkyl or cyclic N) is 1. The fourth-order valence-corrected chi connectivity index (χ4v) is 3.69. The molecule has 0 bridgehead atoms. The predicted octanol–water partition coefficient (Wildman–Crippen LogP) is 1.35. The number of hydrogen-bond donors (Lipinski definition) is 1. The standard InChI is InChI=1S/C22H29N3O4/c1-3-9-25-21(27)19(17-5-7-18(8-6-17)29-16-4-2)20(22(25)28)24-12-10-23(11-13-24)14-15-26/h3,5-8,26H,1,4,9-16H2,2H3. The Kier molecular flexibility index (Phi) is 7.06. The lowest BCUT2D eigenvalue weighted by atomic mass is 10.0. The molecule has 3 rings (SSSR count). The van der Waals surface area contributed by atoms with E-state index in [1.807, 2.05) is 36.1 Å². The number of carbonyl (C=O) groups excluding carboxylic acids is 2. The molecule has 1 aromatic rings. The van der Waals surface area contributed by atoms with Crippen LogP contribution in [0.1, 0.15) is 18.9 Å². The molecular formula is C22H29N3O4. The molecule has 2 aliphatic rings. The molecule has 0 spiro atoms. The fourth-order valence-electron chi connectivity index (χ4n) is 3.69. The minimum atomic E-state index is -0.287. The van der Waals surface area contributed by atoms with Crippen LogP contribution in [0.25, 0.3) is 5.57 Å².